The minimum absolute atomic E-state index is 0.00917. The van der Waals surface area contributed by atoms with E-state index in [0.29, 0.717) is 12.6 Å². The topological polar surface area (TPSA) is 92.5 Å². The van der Waals surface area contributed by atoms with Crippen LogP contribution in [0.25, 0.3) is 0 Å². The molecule has 0 fully saturated rings. The number of rotatable bonds is 5. The molecule has 0 radical (unpaired) electrons. The van der Waals surface area contributed by atoms with Gasteiger partial charge in [-0.1, -0.05) is 27.7 Å². The van der Waals surface area contributed by atoms with Gasteiger partial charge in [-0.15, -0.1) is 0 Å². The lowest BCUT2D eigenvalue weighted by Crippen LogP contribution is -2.25. The van der Waals surface area contributed by atoms with E-state index in [0.717, 1.165) is 6.07 Å². The first-order chi connectivity index (χ1) is 9.54. The minimum atomic E-state index is -1.46. The molecule has 2 N–H and O–H groups in total. The van der Waals surface area contributed by atoms with Crippen LogP contribution in [0, 0.1) is 27.3 Å². The number of hydrogen-bond acceptors (Lipinski definition) is 4. The molecule has 0 aliphatic carbocycles. The van der Waals surface area contributed by atoms with Crippen molar-refractivity contribution in [3.63, 3.8) is 0 Å². The highest BCUT2D eigenvalue weighted by Crippen LogP contribution is 2.30. The molecule has 1 unspecified atom stereocenters. The maximum Gasteiger partial charge on any atom is 0.338 e. The Morgan fingerprint density at radius 3 is 2.48 bits per heavy atom. The van der Waals surface area contributed by atoms with Crippen molar-refractivity contribution >= 4 is 17.3 Å². The first kappa shape index (κ1) is 16.9. The highest BCUT2D eigenvalue weighted by Gasteiger charge is 2.24. The van der Waals surface area contributed by atoms with E-state index in [1.165, 1.54) is 0 Å². The van der Waals surface area contributed by atoms with Gasteiger partial charge in [0.05, 0.1) is 16.6 Å². The summed E-state index contributed by atoms with van der Waals surface area (Å²) >= 11 is 0. The van der Waals surface area contributed by atoms with Gasteiger partial charge in [-0.3, -0.25) is 10.1 Å². The Hall–Kier alpha value is -2.18. The van der Waals surface area contributed by atoms with Crippen molar-refractivity contribution in [2.24, 2.45) is 11.3 Å². The lowest BCUT2D eigenvalue weighted by Gasteiger charge is -2.27. The summed E-state index contributed by atoms with van der Waals surface area (Å²) < 4.78 is 13.5. The van der Waals surface area contributed by atoms with Gasteiger partial charge in [-0.2, -0.15) is 0 Å². The van der Waals surface area contributed by atoms with Gasteiger partial charge in [0.15, 0.2) is 0 Å². The van der Waals surface area contributed by atoms with Crippen LogP contribution in [0.2, 0.25) is 0 Å². The van der Waals surface area contributed by atoms with Crippen molar-refractivity contribution in [3.8, 4) is 0 Å². The van der Waals surface area contributed by atoms with Crippen molar-refractivity contribution in [2.45, 2.75) is 27.7 Å². The molecular weight excluding hydrogens is 279 g/mol. The third kappa shape index (κ3) is 4.14. The molecule has 21 heavy (non-hydrogen) atoms. The Morgan fingerprint density at radius 2 is 2.05 bits per heavy atom. The second-order valence-corrected chi connectivity index (χ2v) is 6.06. The first-order valence-corrected chi connectivity index (χ1v) is 6.49. The number of anilines is 1. The molecule has 6 nitrogen and oxygen atoms in total. The maximum atomic E-state index is 13.5. The Bertz CT molecular complexity index is 567. The van der Waals surface area contributed by atoms with E-state index in [-0.39, 0.29) is 17.0 Å². The van der Waals surface area contributed by atoms with E-state index in [1.807, 2.05) is 27.7 Å². The van der Waals surface area contributed by atoms with Crippen molar-refractivity contribution in [1.82, 2.24) is 0 Å². The molecule has 0 saturated heterocycles. The summed E-state index contributed by atoms with van der Waals surface area (Å²) in [4.78, 5) is 21.1. The molecule has 0 amide bonds. The SMILES string of the molecule is CC(CNc1cc(C(=O)O)c(F)cc1[N+](=O)[O-])C(C)(C)C. The lowest BCUT2D eigenvalue weighted by atomic mass is 9.82. The van der Waals surface area contributed by atoms with Crippen LogP contribution in [0.1, 0.15) is 38.1 Å². The largest absolute Gasteiger partial charge is 0.478 e. The number of carboxylic acid groups (broad SMARTS) is 1. The van der Waals surface area contributed by atoms with Gasteiger partial charge in [0.2, 0.25) is 0 Å². The highest BCUT2D eigenvalue weighted by atomic mass is 19.1. The summed E-state index contributed by atoms with van der Waals surface area (Å²) in [5, 5.41) is 22.7. The van der Waals surface area contributed by atoms with Gasteiger partial charge < -0.3 is 10.4 Å². The number of nitro benzene ring substituents is 1. The lowest BCUT2D eigenvalue weighted by molar-refractivity contribution is -0.384. The zero-order chi connectivity index (χ0) is 16.4. The molecule has 7 heteroatoms. The van der Waals surface area contributed by atoms with E-state index < -0.39 is 28.0 Å². The normalized spacial score (nSPS) is 12.8. The monoisotopic (exact) mass is 298 g/mol. The van der Waals surface area contributed by atoms with Crippen molar-refractivity contribution in [3.05, 3.63) is 33.6 Å². The third-order valence-corrected chi connectivity index (χ3v) is 3.59. The van der Waals surface area contributed by atoms with Gasteiger partial charge in [-0.25, -0.2) is 9.18 Å². The molecule has 0 saturated carbocycles. The predicted octanol–water partition coefficient (Wildman–Crippen LogP) is 3.53. The van der Waals surface area contributed by atoms with E-state index in [2.05, 4.69) is 5.32 Å². The summed E-state index contributed by atoms with van der Waals surface area (Å²) in [6.07, 6.45) is 0. The third-order valence-electron chi connectivity index (χ3n) is 3.59. The number of hydrogen-bond donors (Lipinski definition) is 2. The van der Waals surface area contributed by atoms with Crippen molar-refractivity contribution in [1.29, 1.82) is 0 Å². The number of halogens is 1. The van der Waals surface area contributed by atoms with Crippen molar-refractivity contribution in [2.75, 3.05) is 11.9 Å². The molecule has 0 aliphatic rings. The zero-order valence-electron chi connectivity index (χ0n) is 12.4. The molecule has 0 bridgehead atoms. The molecule has 0 aliphatic heterocycles. The van der Waals surface area contributed by atoms with Crippen LogP contribution in [-0.4, -0.2) is 22.5 Å². The van der Waals surface area contributed by atoms with Crippen LogP contribution in [0.3, 0.4) is 0 Å². The van der Waals surface area contributed by atoms with Crippen LogP contribution in [0.4, 0.5) is 15.8 Å². The van der Waals surface area contributed by atoms with Crippen LogP contribution in [0.15, 0.2) is 12.1 Å². The number of aromatic carboxylic acids is 1. The molecule has 0 heterocycles. The highest BCUT2D eigenvalue weighted by molar-refractivity contribution is 5.90. The van der Waals surface area contributed by atoms with Gasteiger partial charge >= 0.3 is 5.97 Å². The van der Waals surface area contributed by atoms with Crippen LogP contribution >= 0.6 is 0 Å². The van der Waals surface area contributed by atoms with E-state index in [1.54, 1.807) is 0 Å². The van der Waals surface area contributed by atoms with Gasteiger partial charge in [0.1, 0.15) is 11.5 Å². The number of nitro groups is 1. The second kappa shape index (κ2) is 6.07. The molecule has 1 rings (SSSR count). The van der Waals surface area contributed by atoms with Crippen LogP contribution in [-0.2, 0) is 0 Å². The summed E-state index contributed by atoms with van der Waals surface area (Å²) in [6.45, 7) is 8.47. The summed E-state index contributed by atoms with van der Waals surface area (Å²) in [7, 11) is 0. The molecule has 0 aromatic heterocycles. The number of nitrogens with zero attached hydrogens (tertiary/aromatic N) is 1. The fourth-order valence-electron chi connectivity index (χ4n) is 1.59. The molecule has 1 aromatic carbocycles. The fourth-order valence-corrected chi connectivity index (χ4v) is 1.59. The summed E-state index contributed by atoms with van der Waals surface area (Å²) in [6, 6.07) is 1.60. The van der Waals surface area contributed by atoms with E-state index >= 15 is 0 Å². The zero-order valence-corrected chi connectivity index (χ0v) is 12.4. The van der Waals surface area contributed by atoms with Gasteiger partial charge in [0, 0.05) is 6.54 Å². The van der Waals surface area contributed by atoms with Crippen LogP contribution in [0.5, 0.6) is 0 Å². The standard InChI is InChI=1S/C14H19FN2O4/c1-8(14(2,3)4)7-16-11-5-9(13(18)19)10(15)6-12(11)17(20)21/h5-6,8,16H,7H2,1-4H3,(H,18,19). The summed E-state index contributed by atoms with van der Waals surface area (Å²) in [5.41, 5.74) is -1.07. The Labute approximate surface area is 122 Å². The first-order valence-electron chi connectivity index (χ1n) is 6.49. The Kier molecular flexibility index (Phi) is 4.88. The average molecular weight is 298 g/mol. The Morgan fingerprint density at radius 1 is 1.48 bits per heavy atom. The molecule has 1 atom stereocenters. The van der Waals surface area contributed by atoms with Gasteiger partial charge in [0.25, 0.3) is 5.69 Å². The molecule has 0 spiro atoms. The van der Waals surface area contributed by atoms with E-state index in [4.69, 9.17) is 5.11 Å². The van der Waals surface area contributed by atoms with Crippen molar-refractivity contribution < 1.29 is 19.2 Å². The smallest absolute Gasteiger partial charge is 0.338 e. The number of carboxylic acids is 1. The minimum Gasteiger partial charge on any atom is -0.478 e. The number of nitrogens with one attached hydrogen (secondary N) is 1. The molecule has 1 aromatic rings. The second-order valence-electron chi connectivity index (χ2n) is 6.06. The Balaban J connectivity index is 3.12. The quantitative estimate of drug-likeness (QED) is 0.641. The maximum absolute atomic E-state index is 13.5. The number of benzene rings is 1. The van der Waals surface area contributed by atoms with Crippen LogP contribution < -0.4 is 5.32 Å². The fraction of sp³-hybridized carbons (Fsp3) is 0.500. The number of carbonyl (C=O) groups is 1. The summed E-state index contributed by atoms with van der Waals surface area (Å²) in [5.74, 6) is -2.41. The average Bonchev–Trinajstić information content (AvgIpc) is 2.34. The molecule has 116 valence electrons. The predicted molar refractivity (Wildman–Crippen MR) is 77.1 cm³/mol. The van der Waals surface area contributed by atoms with Gasteiger partial charge in [-0.05, 0) is 17.4 Å². The van der Waals surface area contributed by atoms with E-state index in [9.17, 15) is 19.3 Å². The molecular formula is C14H19FN2O4.